The Hall–Kier alpha value is -2.92. The van der Waals surface area contributed by atoms with Gasteiger partial charge in [0.2, 0.25) is 6.10 Å². The number of hydrogen-bond donors (Lipinski definition) is 1. The van der Waals surface area contributed by atoms with Crippen LogP contribution in [0.15, 0.2) is 88.5 Å². The average molecular weight is 421 g/mol. The molecule has 1 amide bonds. The van der Waals surface area contributed by atoms with Gasteiger partial charge in [0, 0.05) is 22.1 Å². The highest BCUT2D eigenvalue weighted by molar-refractivity contribution is 9.10. The number of anilines is 1. The fraction of sp³-hybridized carbons (Fsp3) is 0.0909. The monoisotopic (exact) mass is 420 g/mol. The molecule has 0 fully saturated rings. The van der Waals surface area contributed by atoms with Gasteiger partial charge in [-0.15, -0.1) is 0 Å². The number of hydrogen-bond acceptors (Lipinski definition) is 3. The molecule has 1 unspecified atom stereocenters. The maximum Gasteiger partial charge on any atom is 0.268 e. The van der Waals surface area contributed by atoms with E-state index >= 15 is 0 Å². The lowest BCUT2D eigenvalue weighted by Gasteiger charge is -2.10. The molecule has 4 rings (SSSR count). The lowest BCUT2D eigenvalue weighted by molar-refractivity contribution is -0.125. The van der Waals surface area contributed by atoms with Crippen LogP contribution in [0.3, 0.4) is 0 Å². The largest absolute Gasteiger partial charge is 0.382 e. The van der Waals surface area contributed by atoms with Crippen LogP contribution in [0.1, 0.15) is 12.0 Å². The number of amides is 1. The van der Waals surface area contributed by atoms with Crippen LogP contribution in [0.5, 0.6) is 0 Å². The van der Waals surface area contributed by atoms with Crippen molar-refractivity contribution >= 4 is 33.2 Å². The van der Waals surface area contributed by atoms with Crippen molar-refractivity contribution in [2.75, 3.05) is 5.32 Å². The molecule has 1 N–H and O–H groups in total. The van der Waals surface area contributed by atoms with Crippen molar-refractivity contribution in [2.24, 2.45) is 5.16 Å². The number of carbonyl (C=O) groups excluding carboxylic acids is 1. The van der Waals surface area contributed by atoms with Crippen LogP contribution in [-0.2, 0) is 9.63 Å². The minimum Gasteiger partial charge on any atom is -0.382 e. The van der Waals surface area contributed by atoms with E-state index in [2.05, 4.69) is 38.5 Å². The van der Waals surface area contributed by atoms with Gasteiger partial charge in [-0.05, 0) is 35.4 Å². The van der Waals surface area contributed by atoms with E-state index < -0.39 is 6.10 Å². The van der Waals surface area contributed by atoms with Crippen LogP contribution >= 0.6 is 15.9 Å². The minimum absolute atomic E-state index is 0.198. The summed E-state index contributed by atoms with van der Waals surface area (Å²) in [6.07, 6.45) is -0.169. The van der Waals surface area contributed by atoms with E-state index in [1.807, 2.05) is 66.7 Å². The predicted octanol–water partition coefficient (Wildman–Crippen LogP) is 5.25. The summed E-state index contributed by atoms with van der Waals surface area (Å²) in [6.45, 7) is 0. The van der Waals surface area contributed by atoms with Crippen LogP contribution in [0.25, 0.3) is 11.1 Å². The molecule has 0 spiro atoms. The van der Waals surface area contributed by atoms with Gasteiger partial charge < -0.3 is 10.2 Å². The first-order valence-corrected chi connectivity index (χ1v) is 9.43. The molecule has 1 aliphatic rings. The second-order valence-corrected chi connectivity index (χ2v) is 7.19. The summed E-state index contributed by atoms with van der Waals surface area (Å²) in [6, 6.07) is 25.7. The van der Waals surface area contributed by atoms with Crippen LogP contribution in [0.4, 0.5) is 5.69 Å². The third kappa shape index (κ3) is 4.09. The summed E-state index contributed by atoms with van der Waals surface area (Å²) in [4.78, 5) is 17.8. The fourth-order valence-electron chi connectivity index (χ4n) is 2.96. The van der Waals surface area contributed by atoms with Crippen molar-refractivity contribution in [3.8, 4) is 11.1 Å². The van der Waals surface area contributed by atoms with Gasteiger partial charge in [0.15, 0.2) is 0 Å². The van der Waals surface area contributed by atoms with Gasteiger partial charge in [-0.2, -0.15) is 0 Å². The van der Waals surface area contributed by atoms with Crippen LogP contribution in [0, 0.1) is 0 Å². The molecule has 0 bridgehead atoms. The number of benzene rings is 3. The number of rotatable bonds is 4. The van der Waals surface area contributed by atoms with Gasteiger partial charge in [0.1, 0.15) is 0 Å². The van der Waals surface area contributed by atoms with Crippen molar-refractivity contribution in [3.05, 3.63) is 88.9 Å². The molecular formula is C22H17BrN2O2. The molecule has 1 heterocycles. The Labute approximate surface area is 166 Å². The van der Waals surface area contributed by atoms with E-state index in [0.717, 1.165) is 32.6 Å². The molecule has 0 radical (unpaired) electrons. The Kier molecular flexibility index (Phi) is 5.03. The molecule has 134 valence electrons. The Bertz CT molecular complexity index is 985. The normalized spacial score (nSPS) is 15.7. The number of nitrogens with zero attached hydrogens (tertiary/aromatic N) is 1. The van der Waals surface area contributed by atoms with Crippen LogP contribution in [-0.4, -0.2) is 17.7 Å². The van der Waals surface area contributed by atoms with Gasteiger partial charge in [-0.1, -0.05) is 75.7 Å². The summed E-state index contributed by atoms with van der Waals surface area (Å²) in [5.41, 5.74) is 4.70. The molecule has 5 heteroatoms. The molecule has 27 heavy (non-hydrogen) atoms. The molecule has 0 aliphatic carbocycles. The first-order valence-electron chi connectivity index (χ1n) is 8.64. The van der Waals surface area contributed by atoms with Crippen molar-refractivity contribution in [3.63, 3.8) is 0 Å². The SMILES string of the molecule is O=C(Nc1ccc(-c2ccccc2)cc1)C1CC(c2cccc(Br)c2)=NO1. The van der Waals surface area contributed by atoms with E-state index in [4.69, 9.17) is 4.84 Å². The average Bonchev–Trinajstić information content (AvgIpc) is 3.20. The molecule has 1 aliphatic heterocycles. The highest BCUT2D eigenvalue weighted by Gasteiger charge is 2.29. The van der Waals surface area contributed by atoms with Gasteiger partial charge in [-0.25, -0.2) is 0 Å². The molecule has 3 aromatic carbocycles. The molecule has 1 atom stereocenters. The summed E-state index contributed by atoms with van der Waals surface area (Å²) in [7, 11) is 0. The van der Waals surface area contributed by atoms with Crippen molar-refractivity contribution in [1.29, 1.82) is 0 Å². The standard InChI is InChI=1S/C22H17BrN2O2/c23-18-8-4-7-17(13-18)20-14-21(27-25-20)22(26)24-19-11-9-16(10-12-19)15-5-2-1-3-6-15/h1-13,21H,14H2,(H,24,26). The van der Waals surface area contributed by atoms with E-state index in [0.29, 0.717) is 6.42 Å². The number of nitrogens with one attached hydrogen (secondary N) is 1. The lowest BCUT2D eigenvalue weighted by Crippen LogP contribution is -2.28. The molecule has 0 saturated heterocycles. The van der Waals surface area contributed by atoms with Crippen molar-refractivity contribution < 1.29 is 9.63 Å². The highest BCUT2D eigenvalue weighted by atomic mass is 79.9. The highest BCUT2D eigenvalue weighted by Crippen LogP contribution is 2.23. The molecular weight excluding hydrogens is 404 g/mol. The first kappa shape index (κ1) is 17.5. The van der Waals surface area contributed by atoms with E-state index in [1.54, 1.807) is 0 Å². The quantitative estimate of drug-likeness (QED) is 0.626. The van der Waals surface area contributed by atoms with Crippen LogP contribution in [0.2, 0.25) is 0 Å². The summed E-state index contributed by atoms with van der Waals surface area (Å²) < 4.78 is 0.967. The topological polar surface area (TPSA) is 50.7 Å². The number of halogens is 1. The zero-order chi connectivity index (χ0) is 18.6. The maximum absolute atomic E-state index is 12.5. The van der Waals surface area contributed by atoms with E-state index in [-0.39, 0.29) is 5.91 Å². The third-order valence-electron chi connectivity index (χ3n) is 4.38. The smallest absolute Gasteiger partial charge is 0.268 e. The Morgan fingerprint density at radius 3 is 2.37 bits per heavy atom. The van der Waals surface area contributed by atoms with Crippen molar-refractivity contribution in [2.45, 2.75) is 12.5 Å². The predicted molar refractivity (Wildman–Crippen MR) is 111 cm³/mol. The maximum atomic E-state index is 12.5. The Morgan fingerprint density at radius 2 is 1.63 bits per heavy atom. The second kappa shape index (κ2) is 7.76. The van der Waals surface area contributed by atoms with Gasteiger partial charge in [0.25, 0.3) is 5.91 Å². The molecule has 0 aromatic heterocycles. The number of carbonyl (C=O) groups is 1. The van der Waals surface area contributed by atoms with Gasteiger partial charge in [0.05, 0.1) is 5.71 Å². The Balaban J connectivity index is 1.39. The summed E-state index contributed by atoms with van der Waals surface area (Å²) in [5, 5.41) is 6.98. The number of oxime groups is 1. The van der Waals surface area contributed by atoms with Gasteiger partial charge in [-0.3, -0.25) is 4.79 Å². The molecule has 0 saturated carbocycles. The van der Waals surface area contributed by atoms with E-state index in [9.17, 15) is 4.79 Å². The zero-order valence-corrected chi connectivity index (χ0v) is 16.0. The summed E-state index contributed by atoms with van der Waals surface area (Å²) in [5.74, 6) is -0.198. The zero-order valence-electron chi connectivity index (χ0n) is 14.4. The summed E-state index contributed by atoms with van der Waals surface area (Å²) >= 11 is 3.45. The second-order valence-electron chi connectivity index (χ2n) is 6.28. The van der Waals surface area contributed by atoms with E-state index in [1.165, 1.54) is 0 Å². The molecule has 3 aromatic rings. The Morgan fingerprint density at radius 1 is 0.926 bits per heavy atom. The molecule has 4 nitrogen and oxygen atoms in total. The van der Waals surface area contributed by atoms with Gasteiger partial charge >= 0.3 is 0 Å². The third-order valence-corrected chi connectivity index (χ3v) is 4.87. The fourth-order valence-corrected chi connectivity index (χ4v) is 3.36. The minimum atomic E-state index is -0.618. The van der Waals surface area contributed by atoms with Crippen LogP contribution < -0.4 is 5.32 Å². The van der Waals surface area contributed by atoms with Crippen molar-refractivity contribution in [1.82, 2.24) is 0 Å². The first-order chi connectivity index (χ1) is 13.2. The lowest BCUT2D eigenvalue weighted by atomic mass is 10.0.